The smallest absolute Gasteiger partial charge is 0.249 e. The summed E-state index contributed by atoms with van der Waals surface area (Å²) >= 11 is 0. The minimum absolute atomic E-state index is 0.347. The number of halogens is 1. The van der Waals surface area contributed by atoms with Crippen molar-refractivity contribution >= 4 is 32.8 Å². The Morgan fingerprint density at radius 1 is 1.26 bits per heavy atom. The number of nitrogens with zero attached hydrogens (tertiary/aromatic N) is 2. The van der Waals surface area contributed by atoms with Crippen LogP contribution < -0.4 is 16.2 Å². The average molecular weight is 332 g/mol. The number of benzene rings is 2. The fraction of sp³-hybridized carbons (Fsp3) is 0.125. The van der Waals surface area contributed by atoms with Crippen molar-refractivity contribution in [3.05, 3.63) is 53.6 Å². The molecule has 120 valence electrons. The Bertz CT molecular complexity index is 729. The van der Waals surface area contributed by atoms with E-state index in [0.29, 0.717) is 23.0 Å². The van der Waals surface area contributed by atoms with Gasteiger partial charge in [-0.25, -0.2) is 9.98 Å². The van der Waals surface area contributed by atoms with Crippen LogP contribution in [0.1, 0.15) is 11.1 Å². The third-order valence-electron chi connectivity index (χ3n) is 3.05. The van der Waals surface area contributed by atoms with Crippen molar-refractivity contribution in [1.82, 2.24) is 0 Å². The largest absolute Gasteiger partial charge is 0.457 e. The first kappa shape index (κ1) is 16.9. The van der Waals surface area contributed by atoms with Gasteiger partial charge < -0.3 is 16.2 Å². The van der Waals surface area contributed by atoms with Crippen LogP contribution in [-0.4, -0.2) is 18.3 Å². The Morgan fingerprint density at radius 2 is 1.96 bits per heavy atom. The SMILES string of the molecule is Cc1cc(C(N)=NC=Nc2ccc(OC(F)P)cc2)ccc1N. The summed E-state index contributed by atoms with van der Waals surface area (Å²) in [7, 11) is 1.92. The predicted molar refractivity (Wildman–Crippen MR) is 96.1 cm³/mol. The van der Waals surface area contributed by atoms with Crippen LogP contribution >= 0.6 is 9.24 Å². The first-order chi connectivity index (χ1) is 11.0. The molecule has 0 aliphatic carbocycles. The van der Waals surface area contributed by atoms with E-state index >= 15 is 0 Å². The van der Waals surface area contributed by atoms with E-state index in [9.17, 15) is 4.39 Å². The van der Waals surface area contributed by atoms with E-state index < -0.39 is 6.10 Å². The van der Waals surface area contributed by atoms with Crippen LogP contribution in [0.15, 0.2) is 52.4 Å². The number of aryl methyl sites for hydroxylation is 1. The lowest BCUT2D eigenvalue weighted by Gasteiger charge is -2.05. The lowest BCUT2D eigenvalue weighted by molar-refractivity contribution is 0.153. The van der Waals surface area contributed by atoms with Gasteiger partial charge in [0.05, 0.1) is 5.69 Å². The molecule has 2 atom stereocenters. The van der Waals surface area contributed by atoms with E-state index in [-0.39, 0.29) is 0 Å². The number of nitrogen functional groups attached to an aromatic ring is 1. The van der Waals surface area contributed by atoms with Gasteiger partial charge in [0.2, 0.25) is 6.10 Å². The second kappa shape index (κ2) is 7.70. The van der Waals surface area contributed by atoms with E-state index in [1.165, 1.54) is 6.34 Å². The Morgan fingerprint density at radius 3 is 2.57 bits per heavy atom. The molecule has 23 heavy (non-hydrogen) atoms. The molecule has 0 bridgehead atoms. The first-order valence-corrected chi connectivity index (χ1v) is 7.51. The zero-order chi connectivity index (χ0) is 16.8. The molecule has 0 heterocycles. The second-order valence-electron chi connectivity index (χ2n) is 4.79. The molecule has 4 N–H and O–H groups in total. The lowest BCUT2D eigenvalue weighted by Crippen LogP contribution is -2.13. The van der Waals surface area contributed by atoms with Crippen LogP contribution in [0.2, 0.25) is 0 Å². The van der Waals surface area contributed by atoms with Crippen LogP contribution in [0.4, 0.5) is 15.8 Å². The van der Waals surface area contributed by atoms with Crippen LogP contribution in [0.3, 0.4) is 0 Å². The molecule has 0 saturated heterocycles. The maximum absolute atomic E-state index is 12.7. The number of ether oxygens (including phenoxy) is 1. The topological polar surface area (TPSA) is 86.0 Å². The van der Waals surface area contributed by atoms with E-state index in [0.717, 1.165) is 11.1 Å². The highest BCUT2D eigenvalue weighted by atomic mass is 31.0. The lowest BCUT2D eigenvalue weighted by atomic mass is 10.1. The molecular formula is C16H18FN4OP. The number of nitrogens with two attached hydrogens (primary N) is 2. The molecule has 2 aromatic carbocycles. The summed E-state index contributed by atoms with van der Waals surface area (Å²) in [5, 5.41) is 0. The van der Waals surface area contributed by atoms with Crippen molar-refractivity contribution in [2.45, 2.75) is 13.0 Å². The number of hydrogen-bond acceptors (Lipinski definition) is 3. The van der Waals surface area contributed by atoms with Crippen molar-refractivity contribution in [1.29, 1.82) is 0 Å². The monoisotopic (exact) mass is 332 g/mol. The van der Waals surface area contributed by atoms with Crippen molar-refractivity contribution in [2.75, 3.05) is 5.73 Å². The van der Waals surface area contributed by atoms with Crippen molar-refractivity contribution in [3.63, 3.8) is 0 Å². The van der Waals surface area contributed by atoms with Crippen LogP contribution in [0.5, 0.6) is 5.75 Å². The Hall–Kier alpha value is -2.46. The minimum Gasteiger partial charge on any atom is -0.457 e. The third-order valence-corrected chi connectivity index (χ3v) is 3.19. The zero-order valence-corrected chi connectivity index (χ0v) is 13.8. The van der Waals surface area contributed by atoms with E-state index in [4.69, 9.17) is 16.2 Å². The normalized spacial score (nSPS) is 13.3. The molecule has 0 radical (unpaired) electrons. The predicted octanol–water partition coefficient (Wildman–Crippen LogP) is 3.15. The van der Waals surface area contributed by atoms with Gasteiger partial charge in [-0.15, -0.1) is 0 Å². The number of aliphatic imine (C=N–C) groups is 2. The van der Waals surface area contributed by atoms with Crippen LogP contribution in [0.25, 0.3) is 0 Å². The molecule has 0 aromatic heterocycles. The van der Waals surface area contributed by atoms with E-state index in [2.05, 4.69) is 9.98 Å². The summed E-state index contributed by atoms with van der Waals surface area (Å²) in [6.45, 7) is 1.90. The van der Waals surface area contributed by atoms with Gasteiger partial charge >= 0.3 is 0 Å². The van der Waals surface area contributed by atoms with Gasteiger partial charge in [0.25, 0.3) is 0 Å². The molecule has 5 nitrogen and oxygen atoms in total. The molecule has 0 saturated carbocycles. The quantitative estimate of drug-likeness (QED) is 0.382. The van der Waals surface area contributed by atoms with Gasteiger partial charge in [0, 0.05) is 11.3 Å². The van der Waals surface area contributed by atoms with Crippen molar-refractivity contribution in [3.8, 4) is 5.75 Å². The fourth-order valence-electron chi connectivity index (χ4n) is 1.81. The standard InChI is InChI=1S/C16H18FN4OP/c1-10-8-11(2-7-14(10)18)15(19)21-9-20-12-3-5-13(6-4-12)22-16(17)23/h2-9,16H,18,23H2,1H3,(H2,19,20,21). The molecule has 0 aliphatic heterocycles. The first-order valence-electron chi connectivity index (χ1n) is 6.84. The number of hydrogen-bond donors (Lipinski definition) is 2. The molecule has 0 amide bonds. The highest BCUT2D eigenvalue weighted by molar-refractivity contribution is 7.16. The van der Waals surface area contributed by atoms with Gasteiger partial charge in [-0.2, -0.15) is 4.39 Å². The summed E-state index contributed by atoms with van der Waals surface area (Å²) in [4.78, 5) is 8.26. The maximum atomic E-state index is 12.7. The summed E-state index contributed by atoms with van der Waals surface area (Å²) in [5.41, 5.74) is 14.8. The third kappa shape index (κ3) is 5.04. The molecule has 7 heteroatoms. The number of amidine groups is 1. The van der Waals surface area contributed by atoms with E-state index in [1.807, 2.05) is 22.2 Å². The average Bonchev–Trinajstić information content (AvgIpc) is 2.51. The van der Waals surface area contributed by atoms with Crippen LogP contribution in [-0.2, 0) is 0 Å². The summed E-state index contributed by atoms with van der Waals surface area (Å²) in [6.07, 6.45) is -0.0676. The minimum atomic E-state index is -1.43. The highest BCUT2D eigenvalue weighted by Crippen LogP contribution is 2.20. The number of alkyl halides is 1. The molecule has 0 aliphatic rings. The van der Waals surface area contributed by atoms with Crippen molar-refractivity contribution < 1.29 is 9.13 Å². The molecule has 0 spiro atoms. The molecule has 0 fully saturated rings. The summed E-state index contributed by atoms with van der Waals surface area (Å²) in [6, 6.07) is 12.1. The van der Waals surface area contributed by atoms with Gasteiger partial charge in [0.1, 0.15) is 17.9 Å². The highest BCUT2D eigenvalue weighted by Gasteiger charge is 2.01. The Kier molecular flexibility index (Phi) is 5.66. The molecule has 2 rings (SSSR count). The Balaban J connectivity index is 2.05. The fourth-order valence-corrected chi connectivity index (χ4v) is 1.97. The van der Waals surface area contributed by atoms with Crippen molar-refractivity contribution in [2.24, 2.45) is 15.7 Å². The molecule has 2 unspecified atom stereocenters. The summed E-state index contributed by atoms with van der Waals surface area (Å²) in [5.74, 6) is 0.770. The van der Waals surface area contributed by atoms with Gasteiger partial charge in [-0.3, -0.25) is 0 Å². The number of rotatable bonds is 5. The molecule has 2 aromatic rings. The van der Waals surface area contributed by atoms with Crippen LogP contribution in [0, 0.1) is 6.92 Å². The second-order valence-corrected chi connectivity index (χ2v) is 5.32. The maximum Gasteiger partial charge on any atom is 0.249 e. The van der Waals surface area contributed by atoms with Gasteiger partial charge in [0.15, 0.2) is 0 Å². The molecular weight excluding hydrogens is 314 g/mol. The van der Waals surface area contributed by atoms with Gasteiger partial charge in [-0.1, -0.05) is 9.24 Å². The van der Waals surface area contributed by atoms with E-state index in [1.54, 1.807) is 36.4 Å². The number of anilines is 1. The Labute approximate surface area is 136 Å². The summed E-state index contributed by atoms with van der Waals surface area (Å²) < 4.78 is 17.5. The zero-order valence-electron chi connectivity index (χ0n) is 12.6. The van der Waals surface area contributed by atoms with Gasteiger partial charge in [-0.05, 0) is 55.0 Å².